The average Bonchev–Trinajstić information content (AvgIpc) is 3.36. The summed E-state index contributed by atoms with van der Waals surface area (Å²) in [5.74, 6) is -0.263. The van der Waals surface area contributed by atoms with Crippen molar-refractivity contribution in [1.29, 1.82) is 0 Å². The van der Waals surface area contributed by atoms with Gasteiger partial charge >= 0.3 is 5.97 Å². The van der Waals surface area contributed by atoms with E-state index in [0.717, 1.165) is 22.4 Å². The van der Waals surface area contributed by atoms with E-state index in [-0.39, 0.29) is 24.7 Å². The first-order valence-corrected chi connectivity index (χ1v) is 12.9. The molecule has 1 amide bonds. The summed E-state index contributed by atoms with van der Waals surface area (Å²) in [6.07, 6.45) is -0.896. The zero-order chi connectivity index (χ0) is 27.4. The Morgan fingerprint density at radius 2 is 1.51 bits per heavy atom. The summed E-state index contributed by atoms with van der Waals surface area (Å²) < 4.78 is 11.6. The topological polar surface area (TPSA) is 72.9 Å². The van der Waals surface area contributed by atoms with Gasteiger partial charge in [0.15, 0.2) is 6.10 Å². The Balaban J connectivity index is 1.22. The van der Waals surface area contributed by atoms with Crippen molar-refractivity contribution >= 4 is 23.3 Å². The fraction of sp³-hybridized carbons (Fsp3) is 0.182. The molecule has 1 aliphatic heterocycles. The molecule has 0 N–H and O–H groups in total. The highest BCUT2D eigenvalue weighted by Crippen LogP contribution is 2.34. The number of nitrogens with zero attached hydrogens (tertiary/aromatic N) is 1. The third kappa shape index (κ3) is 5.91. The van der Waals surface area contributed by atoms with Crippen molar-refractivity contribution in [2.45, 2.75) is 26.4 Å². The number of carbonyl (C=O) groups excluding carboxylic acids is 3. The molecule has 0 aromatic heterocycles. The van der Waals surface area contributed by atoms with E-state index in [1.165, 1.54) is 0 Å². The number of ether oxygens (including phenoxy) is 2. The Kier molecular flexibility index (Phi) is 7.55. The predicted octanol–water partition coefficient (Wildman–Crippen LogP) is 6.62. The molecule has 5 rings (SSSR count). The molecule has 1 aliphatic rings. The average molecular weight is 520 g/mol. The molecule has 0 bridgehead atoms. The van der Waals surface area contributed by atoms with Crippen LogP contribution < -0.4 is 9.64 Å². The molecule has 0 saturated carbocycles. The van der Waals surface area contributed by atoms with Gasteiger partial charge in [-0.15, -0.1) is 0 Å². The minimum absolute atomic E-state index is 0.0347. The van der Waals surface area contributed by atoms with Crippen LogP contribution in [-0.2, 0) is 14.3 Å². The lowest BCUT2D eigenvalue weighted by atomic mass is 10.0. The molecule has 6 nitrogen and oxygen atoms in total. The fourth-order valence-corrected chi connectivity index (χ4v) is 4.62. The number of Topliss-reactive ketones (excluding diaryl/α,β-unsaturated/α-hetero) is 1. The highest BCUT2D eigenvalue weighted by molar-refractivity contribution is 6.02. The molecule has 4 aromatic carbocycles. The monoisotopic (exact) mass is 519 g/mol. The van der Waals surface area contributed by atoms with Crippen LogP contribution in [0.5, 0.6) is 11.5 Å². The van der Waals surface area contributed by atoms with Crippen molar-refractivity contribution in [3.8, 4) is 22.6 Å². The normalized spacial score (nSPS) is 15.6. The smallest absolute Gasteiger partial charge is 0.312 e. The molecule has 0 unspecified atom stereocenters. The Hall–Kier alpha value is -4.71. The van der Waals surface area contributed by atoms with E-state index in [1.54, 1.807) is 48.2 Å². The van der Waals surface area contributed by atoms with Gasteiger partial charge in [0, 0.05) is 29.8 Å². The molecule has 39 heavy (non-hydrogen) atoms. The van der Waals surface area contributed by atoms with E-state index in [2.05, 4.69) is 0 Å². The molecular formula is C33H29NO5. The number of hydrogen-bond acceptors (Lipinski definition) is 5. The van der Waals surface area contributed by atoms with Crippen LogP contribution in [0, 0.1) is 12.8 Å². The summed E-state index contributed by atoms with van der Waals surface area (Å²) in [4.78, 5) is 39.8. The van der Waals surface area contributed by atoms with Gasteiger partial charge in [0.05, 0.1) is 5.92 Å². The zero-order valence-corrected chi connectivity index (χ0v) is 21.9. The first-order chi connectivity index (χ1) is 18.9. The van der Waals surface area contributed by atoms with Gasteiger partial charge in [0.25, 0.3) is 0 Å². The van der Waals surface area contributed by atoms with Crippen LogP contribution in [0.2, 0.25) is 0 Å². The Morgan fingerprint density at radius 1 is 0.846 bits per heavy atom. The maximum Gasteiger partial charge on any atom is 0.312 e. The van der Waals surface area contributed by atoms with Crippen LogP contribution in [0.4, 0.5) is 5.69 Å². The summed E-state index contributed by atoms with van der Waals surface area (Å²) in [5, 5.41) is 0. The van der Waals surface area contributed by atoms with Crippen LogP contribution in [0.25, 0.3) is 11.1 Å². The van der Waals surface area contributed by atoms with E-state index in [0.29, 0.717) is 17.0 Å². The summed E-state index contributed by atoms with van der Waals surface area (Å²) in [6, 6.07) is 32.2. The van der Waals surface area contributed by atoms with E-state index in [9.17, 15) is 14.4 Å². The minimum Gasteiger partial charge on any atom is -0.457 e. The lowest BCUT2D eigenvalue weighted by Crippen LogP contribution is -2.30. The lowest BCUT2D eigenvalue weighted by molar-refractivity contribution is -0.151. The van der Waals surface area contributed by atoms with Gasteiger partial charge in [-0.25, -0.2) is 0 Å². The van der Waals surface area contributed by atoms with Crippen LogP contribution in [0.15, 0.2) is 103 Å². The Labute approximate surface area is 227 Å². The highest BCUT2D eigenvalue weighted by atomic mass is 16.5. The molecule has 4 aromatic rings. The van der Waals surface area contributed by atoms with Crippen molar-refractivity contribution in [3.05, 3.63) is 114 Å². The molecule has 2 atom stereocenters. The van der Waals surface area contributed by atoms with Crippen LogP contribution in [0.1, 0.15) is 29.3 Å². The maximum atomic E-state index is 12.8. The first kappa shape index (κ1) is 25.9. The fourth-order valence-electron chi connectivity index (χ4n) is 4.62. The van der Waals surface area contributed by atoms with Crippen molar-refractivity contribution in [2.24, 2.45) is 5.92 Å². The molecular weight excluding hydrogens is 490 g/mol. The van der Waals surface area contributed by atoms with E-state index in [4.69, 9.17) is 9.47 Å². The maximum absolute atomic E-state index is 12.8. The second-order valence-corrected chi connectivity index (χ2v) is 9.67. The Bertz CT molecular complexity index is 1480. The number of amides is 1. The summed E-state index contributed by atoms with van der Waals surface area (Å²) >= 11 is 0. The molecule has 0 aliphatic carbocycles. The number of benzene rings is 4. The largest absolute Gasteiger partial charge is 0.457 e. The summed E-state index contributed by atoms with van der Waals surface area (Å²) in [7, 11) is 0. The van der Waals surface area contributed by atoms with Crippen molar-refractivity contribution in [1.82, 2.24) is 0 Å². The van der Waals surface area contributed by atoms with E-state index >= 15 is 0 Å². The number of ketones is 1. The highest BCUT2D eigenvalue weighted by Gasteiger charge is 2.37. The molecule has 0 radical (unpaired) electrons. The van der Waals surface area contributed by atoms with Gasteiger partial charge in [-0.3, -0.25) is 14.4 Å². The molecule has 6 heteroatoms. The second kappa shape index (κ2) is 11.4. The van der Waals surface area contributed by atoms with Gasteiger partial charge in [0.2, 0.25) is 11.7 Å². The van der Waals surface area contributed by atoms with Gasteiger partial charge < -0.3 is 14.4 Å². The predicted molar refractivity (Wildman–Crippen MR) is 150 cm³/mol. The van der Waals surface area contributed by atoms with E-state index in [1.807, 2.05) is 73.7 Å². The third-order valence-corrected chi connectivity index (χ3v) is 6.80. The number of carbonyl (C=O) groups is 3. The number of para-hydroxylation sites is 1. The summed E-state index contributed by atoms with van der Waals surface area (Å²) in [5.41, 5.74) is 4.23. The van der Waals surface area contributed by atoms with Gasteiger partial charge in [-0.05, 0) is 49.7 Å². The van der Waals surface area contributed by atoms with Crippen molar-refractivity contribution in [2.75, 3.05) is 11.4 Å². The van der Waals surface area contributed by atoms with Crippen molar-refractivity contribution in [3.63, 3.8) is 0 Å². The van der Waals surface area contributed by atoms with Crippen LogP contribution >= 0.6 is 0 Å². The molecule has 1 saturated heterocycles. The summed E-state index contributed by atoms with van der Waals surface area (Å²) in [6.45, 7) is 3.69. The molecule has 0 spiro atoms. The molecule has 1 fully saturated rings. The number of aryl methyl sites for hydroxylation is 1. The quantitative estimate of drug-likeness (QED) is 0.193. The van der Waals surface area contributed by atoms with Gasteiger partial charge in [-0.2, -0.15) is 0 Å². The van der Waals surface area contributed by atoms with Gasteiger partial charge in [-0.1, -0.05) is 78.4 Å². The number of hydrogen-bond donors (Lipinski definition) is 0. The standard InChI is InChI=1S/C33H29NO5/c1-22-12-14-25(15-13-22)32(36)23(2)38-33(37)26-20-31(35)34(21-26)27-16-18-28(19-17-27)39-30-11-7-6-10-29(30)24-8-4-3-5-9-24/h3-19,23,26H,20-21H2,1-2H3/t23-,26-/m0/s1. The van der Waals surface area contributed by atoms with Crippen LogP contribution in [-0.4, -0.2) is 30.3 Å². The Morgan fingerprint density at radius 3 is 2.23 bits per heavy atom. The number of anilines is 1. The number of esters is 1. The van der Waals surface area contributed by atoms with E-state index < -0.39 is 18.0 Å². The lowest BCUT2D eigenvalue weighted by Gasteiger charge is -2.18. The number of rotatable bonds is 8. The van der Waals surface area contributed by atoms with Crippen molar-refractivity contribution < 1.29 is 23.9 Å². The molecule has 1 heterocycles. The minimum atomic E-state index is -0.931. The SMILES string of the molecule is Cc1ccc(C(=O)[C@H](C)OC(=O)[C@H]2CC(=O)N(c3ccc(Oc4ccccc4-c4ccccc4)cc3)C2)cc1. The third-order valence-electron chi connectivity index (χ3n) is 6.80. The first-order valence-electron chi connectivity index (χ1n) is 12.9. The zero-order valence-electron chi connectivity index (χ0n) is 21.9. The van der Waals surface area contributed by atoms with Gasteiger partial charge in [0.1, 0.15) is 11.5 Å². The van der Waals surface area contributed by atoms with Crippen LogP contribution in [0.3, 0.4) is 0 Å². The second-order valence-electron chi connectivity index (χ2n) is 9.67. The molecule has 196 valence electrons.